The monoisotopic (exact) mass is 772 g/mol. The molecule has 0 amide bonds. The zero-order valence-electron chi connectivity index (χ0n) is 34.0. The second-order valence-corrected chi connectivity index (χ2v) is 17.0. The predicted molar refractivity (Wildman–Crippen MR) is 251 cm³/mol. The lowest BCUT2D eigenvalue weighted by Gasteiger charge is -2.33. The molecule has 0 atom stereocenters. The molecule has 0 unspecified atom stereocenters. The molecule has 3 aliphatic rings. The largest absolute Gasteiger partial charge is 0.456 e. The summed E-state index contributed by atoms with van der Waals surface area (Å²) in [5.41, 5.74) is 20.8. The number of rotatable bonds is 6. The number of allylic oxidation sites excluding steroid dienone is 4. The Labute approximate surface area is 350 Å². The number of hydrogen-bond acceptors (Lipinski definition) is 2. The second-order valence-electron chi connectivity index (χ2n) is 17.0. The van der Waals surface area contributed by atoms with E-state index in [2.05, 4.69) is 205 Å². The lowest BCUT2D eigenvalue weighted by molar-refractivity contribution is 0.660. The molecular formula is C57H44N2O. The van der Waals surface area contributed by atoms with E-state index in [1.165, 1.54) is 83.4 Å². The van der Waals surface area contributed by atoms with Crippen LogP contribution in [0.5, 0.6) is 0 Å². The van der Waals surface area contributed by atoms with Crippen LogP contribution in [0.2, 0.25) is 0 Å². The Morgan fingerprint density at radius 1 is 0.567 bits per heavy atom. The number of nitrogens with zero attached hydrogens (tertiary/aromatic N) is 2. The van der Waals surface area contributed by atoms with Crippen LogP contribution in [0.4, 0.5) is 11.4 Å². The lowest BCUT2D eigenvalue weighted by atomic mass is 9.82. The molecule has 3 nitrogen and oxygen atoms in total. The number of fused-ring (bicyclic) bond motifs is 9. The Morgan fingerprint density at radius 2 is 1.27 bits per heavy atom. The molecule has 0 aliphatic heterocycles. The van der Waals surface area contributed by atoms with Crippen molar-refractivity contribution in [3.05, 3.63) is 210 Å². The van der Waals surface area contributed by atoms with Gasteiger partial charge >= 0.3 is 0 Å². The summed E-state index contributed by atoms with van der Waals surface area (Å²) in [5.74, 6) is 0. The summed E-state index contributed by atoms with van der Waals surface area (Å²) in [6, 6.07) is 58.1. The van der Waals surface area contributed by atoms with Crippen LogP contribution >= 0.6 is 0 Å². The molecule has 0 N–H and O–H groups in total. The van der Waals surface area contributed by atoms with Crippen LogP contribution < -0.4 is 4.90 Å². The van der Waals surface area contributed by atoms with E-state index in [4.69, 9.17) is 4.42 Å². The topological polar surface area (TPSA) is 21.3 Å². The van der Waals surface area contributed by atoms with E-state index >= 15 is 0 Å². The van der Waals surface area contributed by atoms with Gasteiger partial charge in [0.15, 0.2) is 0 Å². The highest BCUT2D eigenvalue weighted by atomic mass is 16.3. The Balaban J connectivity index is 1.16. The molecule has 2 heterocycles. The average Bonchev–Trinajstić information content (AvgIpc) is 3.93. The molecule has 0 radical (unpaired) electrons. The van der Waals surface area contributed by atoms with Crippen molar-refractivity contribution in [1.29, 1.82) is 0 Å². The van der Waals surface area contributed by atoms with Crippen molar-refractivity contribution in [3.63, 3.8) is 0 Å². The van der Waals surface area contributed by atoms with Crippen molar-refractivity contribution in [2.75, 3.05) is 4.90 Å². The molecule has 7 aromatic carbocycles. The smallest absolute Gasteiger partial charge is 0.136 e. The highest BCUT2D eigenvalue weighted by Crippen LogP contribution is 2.54. The van der Waals surface area contributed by atoms with Gasteiger partial charge in [0.05, 0.1) is 11.2 Å². The fourth-order valence-electron chi connectivity index (χ4n) is 10.7. The van der Waals surface area contributed by atoms with Crippen molar-refractivity contribution in [2.45, 2.75) is 44.9 Å². The normalized spacial score (nSPS) is 15.2. The van der Waals surface area contributed by atoms with Crippen LogP contribution in [-0.4, -0.2) is 4.57 Å². The molecule has 60 heavy (non-hydrogen) atoms. The first kappa shape index (κ1) is 34.9. The number of anilines is 2. The molecule has 3 heteroatoms. The Bertz CT molecular complexity index is 3290. The Morgan fingerprint density at radius 3 is 2.18 bits per heavy atom. The number of furan rings is 1. The van der Waals surface area contributed by atoms with Gasteiger partial charge in [-0.05, 0) is 119 Å². The van der Waals surface area contributed by atoms with Crippen LogP contribution in [0.1, 0.15) is 61.1 Å². The van der Waals surface area contributed by atoms with Gasteiger partial charge in [-0.1, -0.05) is 141 Å². The lowest BCUT2D eigenvalue weighted by Crippen LogP contribution is -2.19. The second kappa shape index (κ2) is 13.5. The van der Waals surface area contributed by atoms with Gasteiger partial charge in [0.25, 0.3) is 0 Å². The van der Waals surface area contributed by atoms with Gasteiger partial charge in [0, 0.05) is 55.5 Å². The Kier molecular flexibility index (Phi) is 7.84. The van der Waals surface area contributed by atoms with Crippen molar-refractivity contribution in [3.8, 4) is 27.9 Å². The van der Waals surface area contributed by atoms with Gasteiger partial charge in [-0.3, -0.25) is 0 Å². The molecule has 288 valence electrons. The van der Waals surface area contributed by atoms with E-state index in [0.29, 0.717) is 0 Å². The first-order valence-corrected chi connectivity index (χ1v) is 21.4. The van der Waals surface area contributed by atoms with Gasteiger partial charge in [0.1, 0.15) is 11.2 Å². The molecule has 0 bridgehead atoms. The van der Waals surface area contributed by atoms with Gasteiger partial charge in [0.2, 0.25) is 0 Å². The first-order valence-electron chi connectivity index (χ1n) is 21.4. The number of aromatic nitrogens is 1. The van der Waals surface area contributed by atoms with E-state index in [-0.39, 0.29) is 5.41 Å². The van der Waals surface area contributed by atoms with Gasteiger partial charge < -0.3 is 13.9 Å². The summed E-state index contributed by atoms with van der Waals surface area (Å²) in [6.07, 6.45) is 13.4. The quantitative estimate of drug-likeness (QED) is 0.168. The van der Waals surface area contributed by atoms with E-state index in [9.17, 15) is 0 Å². The van der Waals surface area contributed by atoms with Crippen molar-refractivity contribution in [1.82, 2.24) is 4.57 Å². The van der Waals surface area contributed by atoms with Crippen LogP contribution in [0.3, 0.4) is 0 Å². The third-order valence-corrected chi connectivity index (χ3v) is 13.4. The van der Waals surface area contributed by atoms with Crippen LogP contribution in [0.25, 0.3) is 72.4 Å². The van der Waals surface area contributed by atoms with E-state index in [1.807, 2.05) is 0 Å². The number of para-hydroxylation sites is 3. The summed E-state index contributed by atoms with van der Waals surface area (Å²) in [7, 11) is 0. The van der Waals surface area contributed by atoms with E-state index in [1.54, 1.807) is 0 Å². The number of hydrogen-bond donors (Lipinski definition) is 0. The minimum atomic E-state index is -0.103. The average molecular weight is 773 g/mol. The van der Waals surface area contributed by atoms with Crippen LogP contribution in [0.15, 0.2) is 186 Å². The summed E-state index contributed by atoms with van der Waals surface area (Å²) >= 11 is 0. The fourth-order valence-corrected chi connectivity index (χ4v) is 10.7. The standard InChI is InChI=1S/C57H44N2O/c1-57(2)47-27-11-6-23-44(47)55-42(25-16-28-48(55)57)39-20-7-12-29-49(39)59(38-34-35-52-46(36-38)41-22-9-14-31-51(41)58(52)37-18-4-3-5-19-37)50-30-13-8-21-40(50)43-26-17-33-54-56(43)45-24-10-15-32-53(45)60-54/h3-7,9-13,15-20,22-30,32-36H,8,14,21,31H2,1-2H3. The predicted octanol–water partition coefficient (Wildman–Crippen LogP) is 15.4. The summed E-state index contributed by atoms with van der Waals surface area (Å²) in [5, 5.41) is 3.60. The molecule has 0 spiro atoms. The summed E-state index contributed by atoms with van der Waals surface area (Å²) < 4.78 is 8.98. The highest BCUT2D eigenvalue weighted by Gasteiger charge is 2.37. The minimum absolute atomic E-state index is 0.103. The van der Waals surface area contributed by atoms with E-state index < -0.39 is 0 Å². The third-order valence-electron chi connectivity index (χ3n) is 13.4. The van der Waals surface area contributed by atoms with Crippen LogP contribution in [0, 0.1) is 0 Å². The minimum Gasteiger partial charge on any atom is -0.456 e. The molecule has 2 aromatic heterocycles. The first-order chi connectivity index (χ1) is 29.6. The zero-order chi connectivity index (χ0) is 40.0. The SMILES string of the molecule is CC1(C)c2ccccc2-c2c(-c3ccccc3N(C3=C(c4cccc5oc6ccccc6c45)CCC=C3)c3ccc4c(c3)c3c(n4-c4ccccc4)CCC=C3)cccc21. The fraction of sp³-hybridized carbons (Fsp3) is 0.123. The number of benzene rings is 7. The molecule has 0 saturated heterocycles. The van der Waals surface area contributed by atoms with Gasteiger partial charge in [-0.15, -0.1) is 0 Å². The summed E-state index contributed by atoms with van der Waals surface area (Å²) in [4.78, 5) is 2.56. The molecule has 12 rings (SSSR count). The molecule has 3 aliphatic carbocycles. The highest BCUT2D eigenvalue weighted by molar-refractivity contribution is 6.11. The van der Waals surface area contributed by atoms with Crippen molar-refractivity contribution in [2.24, 2.45) is 0 Å². The maximum absolute atomic E-state index is 6.49. The van der Waals surface area contributed by atoms with E-state index in [0.717, 1.165) is 53.6 Å². The van der Waals surface area contributed by atoms with Crippen molar-refractivity contribution < 1.29 is 4.42 Å². The maximum Gasteiger partial charge on any atom is 0.136 e. The third kappa shape index (κ3) is 5.15. The Hall–Kier alpha value is -7.10. The molecule has 0 fully saturated rings. The van der Waals surface area contributed by atoms with Crippen molar-refractivity contribution >= 4 is 55.9 Å². The van der Waals surface area contributed by atoms with Crippen LogP contribution in [-0.2, 0) is 11.8 Å². The molecular weight excluding hydrogens is 729 g/mol. The van der Waals surface area contributed by atoms with Gasteiger partial charge in [-0.2, -0.15) is 0 Å². The molecule has 0 saturated carbocycles. The molecule has 9 aromatic rings. The van der Waals surface area contributed by atoms with Gasteiger partial charge in [-0.25, -0.2) is 0 Å². The summed E-state index contributed by atoms with van der Waals surface area (Å²) in [6.45, 7) is 4.74. The zero-order valence-corrected chi connectivity index (χ0v) is 34.0. The maximum atomic E-state index is 6.49.